The molecule has 0 saturated carbocycles. The van der Waals surface area contributed by atoms with E-state index in [2.05, 4.69) is 37.2 Å². The molecule has 22 heavy (non-hydrogen) atoms. The van der Waals surface area contributed by atoms with E-state index in [1.165, 1.54) is 6.07 Å². The van der Waals surface area contributed by atoms with E-state index in [-0.39, 0.29) is 10.6 Å². The fourth-order valence-corrected chi connectivity index (χ4v) is 3.71. The highest BCUT2D eigenvalue weighted by Gasteiger charge is 2.11. The second-order valence-corrected chi connectivity index (χ2v) is 6.61. The van der Waals surface area contributed by atoms with E-state index in [9.17, 15) is 4.79 Å². The summed E-state index contributed by atoms with van der Waals surface area (Å²) in [5.74, 6) is -0.307. The van der Waals surface area contributed by atoms with Crippen molar-refractivity contribution in [2.24, 2.45) is 0 Å². The predicted molar refractivity (Wildman–Crippen MR) is 94.1 cm³/mol. The van der Waals surface area contributed by atoms with Gasteiger partial charge in [0.05, 0.1) is 22.2 Å². The number of methoxy groups -OCH3 is 1. The maximum atomic E-state index is 10.9. The summed E-state index contributed by atoms with van der Waals surface area (Å²) in [6.45, 7) is 0.504. The Morgan fingerprint density at radius 3 is 2.64 bits per heavy atom. The van der Waals surface area contributed by atoms with Crippen LogP contribution in [0.4, 0.5) is 5.69 Å². The first-order chi connectivity index (χ1) is 10.4. The number of carboxylic acid groups (broad SMARTS) is 1. The Hall–Kier alpha value is -1.24. The van der Waals surface area contributed by atoms with Crippen molar-refractivity contribution in [3.05, 3.63) is 55.4 Å². The number of nitrogens with one attached hydrogen (secondary N) is 1. The number of carboxylic acids is 1. The van der Waals surface area contributed by atoms with Crippen LogP contribution >= 0.6 is 43.5 Å². The Bertz CT molecular complexity index is 722. The summed E-state index contributed by atoms with van der Waals surface area (Å²) in [6, 6.07) is 8.59. The third-order valence-electron chi connectivity index (χ3n) is 2.97. The van der Waals surface area contributed by atoms with Crippen LogP contribution in [0.15, 0.2) is 39.3 Å². The van der Waals surface area contributed by atoms with Gasteiger partial charge < -0.3 is 15.2 Å². The molecule has 0 bridgehead atoms. The molecular formula is C15H12Br2ClNO3. The number of rotatable bonds is 5. The molecule has 2 rings (SSSR count). The largest absolute Gasteiger partial charge is 0.495 e. The van der Waals surface area contributed by atoms with Gasteiger partial charge in [0.25, 0.3) is 0 Å². The van der Waals surface area contributed by atoms with Crippen LogP contribution in [-0.4, -0.2) is 18.2 Å². The fourth-order valence-electron chi connectivity index (χ4n) is 1.97. The lowest BCUT2D eigenvalue weighted by atomic mass is 10.1. The van der Waals surface area contributed by atoms with Gasteiger partial charge in [0.15, 0.2) is 0 Å². The van der Waals surface area contributed by atoms with Gasteiger partial charge in [0, 0.05) is 22.3 Å². The molecule has 7 heteroatoms. The molecule has 0 radical (unpaired) electrons. The van der Waals surface area contributed by atoms with E-state index < -0.39 is 5.97 Å². The van der Waals surface area contributed by atoms with E-state index in [0.29, 0.717) is 6.54 Å². The van der Waals surface area contributed by atoms with Gasteiger partial charge in [0.2, 0.25) is 0 Å². The van der Waals surface area contributed by atoms with Gasteiger partial charge in [-0.25, -0.2) is 4.79 Å². The zero-order valence-electron chi connectivity index (χ0n) is 11.5. The van der Waals surface area contributed by atoms with Crippen molar-refractivity contribution in [2.75, 3.05) is 12.4 Å². The van der Waals surface area contributed by atoms with E-state index >= 15 is 0 Å². The summed E-state index contributed by atoms with van der Waals surface area (Å²) in [5, 5.41) is 12.4. The first-order valence-corrected chi connectivity index (χ1v) is 8.17. The number of hydrogen-bond acceptors (Lipinski definition) is 3. The second-order valence-electron chi connectivity index (χ2n) is 4.43. The van der Waals surface area contributed by atoms with Crippen molar-refractivity contribution in [1.29, 1.82) is 0 Å². The first-order valence-electron chi connectivity index (χ1n) is 6.21. The van der Waals surface area contributed by atoms with Crippen LogP contribution in [0.3, 0.4) is 0 Å². The Morgan fingerprint density at radius 2 is 2.05 bits per heavy atom. The molecule has 0 spiro atoms. The third kappa shape index (κ3) is 3.94. The van der Waals surface area contributed by atoms with Crippen molar-refractivity contribution in [3.8, 4) is 5.75 Å². The van der Waals surface area contributed by atoms with Gasteiger partial charge in [-0.2, -0.15) is 0 Å². The molecule has 0 amide bonds. The highest BCUT2D eigenvalue weighted by molar-refractivity contribution is 9.11. The van der Waals surface area contributed by atoms with Gasteiger partial charge in [-0.1, -0.05) is 27.5 Å². The van der Waals surface area contributed by atoms with Gasteiger partial charge in [-0.05, 0) is 46.3 Å². The molecule has 0 fully saturated rings. The summed E-state index contributed by atoms with van der Waals surface area (Å²) in [7, 11) is 1.61. The maximum absolute atomic E-state index is 10.9. The zero-order chi connectivity index (χ0) is 16.3. The number of carbonyl (C=O) groups is 1. The number of hydrogen-bond donors (Lipinski definition) is 2. The Morgan fingerprint density at radius 1 is 1.32 bits per heavy atom. The van der Waals surface area contributed by atoms with Crippen LogP contribution in [0, 0.1) is 0 Å². The molecule has 4 nitrogen and oxygen atoms in total. The molecule has 2 aromatic carbocycles. The topological polar surface area (TPSA) is 58.6 Å². The van der Waals surface area contributed by atoms with Crippen molar-refractivity contribution in [1.82, 2.24) is 0 Å². The normalized spacial score (nSPS) is 10.4. The molecule has 116 valence electrons. The van der Waals surface area contributed by atoms with Gasteiger partial charge >= 0.3 is 5.97 Å². The predicted octanol–water partition coefficient (Wildman–Crippen LogP) is 5.18. The minimum Gasteiger partial charge on any atom is -0.495 e. The Labute approximate surface area is 149 Å². The third-order valence-corrected chi connectivity index (χ3v) is 4.33. The van der Waals surface area contributed by atoms with E-state index in [0.717, 1.165) is 25.9 Å². The first kappa shape index (κ1) is 17.1. The van der Waals surface area contributed by atoms with Gasteiger partial charge in [0.1, 0.15) is 5.75 Å². The molecule has 0 aromatic heterocycles. The summed E-state index contributed by atoms with van der Waals surface area (Å²) in [6.07, 6.45) is 0. The van der Waals surface area contributed by atoms with Crippen LogP contribution in [0.5, 0.6) is 5.75 Å². The van der Waals surface area contributed by atoms with Crippen LogP contribution in [0.1, 0.15) is 15.9 Å². The molecule has 0 aliphatic heterocycles. The summed E-state index contributed by atoms with van der Waals surface area (Å²) >= 11 is 12.8. The minimum atomic E-state index is -1.05. The van der Waals surface area contributed by atoms with Gasteiger partial charge in [-0.3, -0.25) is 0 Å². The lowest BCUT2D eigenvalue weighted by molar-refractivity contribution is 0.0697. The number of ether oxygens (including phenoxy) is 1. The van der Waals surface area contributed by atoms with E-state index in [1.54, 1.807) is 19.2 Å². The lowest BCUT2D eigenvalue weighted by Gasteiger charge is -2.13. The highest BCUT2D eigenvalue weighted by Crippen LogP contribution is 2.33. The van der Waals surface area contributed by atoms with Crippen LogP contribution < -0.4 is 10.1 Å². The lowest BCUT2D eigenvalue weighted by Crippen LogP contribution is -2.04. The molecule has 2 aromatic rings. The second kappa shape index (κ2) is 7.35. The average molecular weight is 450 g/mol. The standard InChI is InChI=1S/C15H12Br2ClNO3/c1-22-14-8(4-9(16)5-12(14)17)7-19-10-2-3-11(15(20)21)13(18)6-10/h2-6,19H,7H2,1H3,(H,20,21). The molecule has 0 unspecified atom stereocenters. The minimum absolute atomic E-state index is 0.0787. The van der Waals surface area contributed by atoms with Crippen molar-refractivity contribution in [2.45, 2.75) is 6.54 Å². The molecular weight excluding hydrogens is 437 g/mol. The molecule has 0 aliphatic rings. The van der Waals surface area contributed by atoms with Crippen LogP contribution in [0.2, 0.25) is 5.02 Å². The molecule has 0 saturated heterocycles. The highest BCUT2D eigenvalue weighted by atomic mass is 79.9. The monoisotopic (exact) mass is 447 g/mol. The number of anilines is 1. The van der Waals surface area contributed by atoms with Gasteiger partial charge in [-0.15, -0.1) is 0 Å². The smallest absolute Gasteiger partial charge is 0.337 e. The van der Waals surface area contributed by atoms with Crippen molar-refractivity contribution < 1.29 is 14.6 Å². The molecule has 0 heterocycles. The fraction of sp³-hybridized carbons (Fsp3) is 0.133. The maximum Gasteiger partial charge on any atom is 0.337 e. The van der Waals surface area contributed by atoms with Crippen LogP contribution in [0.25, 0.3) is 0 Å². The van der Waals surface area contributed by atoms with Crippen LogP contribution in [-0.2, 0) is 6.54 Å². The molecule has 0 aliphatic carbocycles. The van der Waals surface area contributed by atoms with E-state index in [4.69, 9.17) is 21.4 Å². The van der Waals surface area contributed by atoms with Crippen molar-refractivity contribution in [3.63, 3.8) is 0 Å². The summed E-state index contributed by atoms with van der Waals surface area (Å²) in [5.41, 5.74) is 1.75. The molecule has 0 atom stereocenters. The van der Waals surface area contributed by atoms with E-state index in [1.807, 2.05) is 12.1 Å². The number of benzene rings is 2. The quantitative estimate of drug-likeness (QED) is 0.660. The Kier molecular flexibility index (Phi) is 5.72. The summed E-state index contributed by atoms with van der Waals surface area (Å²) < 4.78 is 7.16. The zero-order valence-corrected chi connectivity index (χ0v) is 15.4. The average Bonchev–Trinajstić information content (AvgIpc) is 2.44. The number of aromatic carboxylic acids is 1. The Balaban J connectivity index is 2.20. The molecule has 2 N–H and O–H groups in total. The van der Waals surface area contributed by atoms with Crippen molar-refractivity contribution >= 4 is 55.1 Å². The number of halogens is 3. The summed E-state index contributed by atoms with van der Waals surface area (Å²) in [4.78, 5) is 10.9. The SMILES string of the molecule is COc1c(Br)cc(Br)cc1CNc1ccc(C(=O)O)c(Cl)c1.